The molecule has 1 unspecified atom stereocenters. The van der Waals surface area contributed by atoms with E-state index in [-0.39, 0.29) is 12.1 Å². The molecular weight excluding hydrogens is 268 g/mol. The SMILES string of the molecule is CC(NC(=O)NC1CCCC1)c1ccc2c(c1)OCCO2. The molecule has 5 heteroatoms. The van der Waals surface area contributed by atoms with Gasteiger partial charge in [-0.15, -0.1) is 0 Å². The Labute approximate surface area is 125 Å². The summed E-state index contributed by atoms with van der Waals surface area (Å²) in [6.45, 7) is 3.13. The van der Waals surface area contributed by atoms with Crippen molar-refractivity contribution in [1.82, 2.24) is 10.6 Å². The minimum Gasteiger partial charge on any atom is -0.486 e. The normalized spacial score (nSPS) is 19.1. The van der Waals surface area contributed by atoms with E-state index in [0.29, 0.717) is 19.3 Å². The van der Waals surface area contributed by atoms with Crippen molar-refractivity contribution in [1.29, 1.82) is 0 Å². The lowest BCUT2D eigenvalue weighted by atomic mass is 10.1. The van der Waals surface area contributed by atoms with Crippen LogP contribution in [0.15, 0.2) is 18.2 Å². The Balaban J connectivity index is 1.59. The van der Waals surface area contributed by atoms with Crippen LogP contribution in [-0.4, -0.2) is 25.3 Å². The summed E-state index contributed by atoms with van der Waals surface area (Å²) in [4.78, 5) is 12.0. The molecule has 1 saturated carbocycles. The molecule has 0 radical (unpaired) electrons. The quantitative estimate of drug-likeness (QED) is 0.900. The Bertz CT molecular complexity index is 512. The Morgan fingerprint density at radius 3 is 2.67 bits per heavy atom. The van der Waals surface area contributed by atoms with Gasteiger partial charge in [-0.25, -0.2) is 4.79 Å². The van der Waals surface area contributed by atoms with Crippen LogP contribution in [0.5, 0.6) is 11.5 Å². The molecule has 0 aromatic heterocycles. The van der Waals surface area contributed by atoms with Crippen molar-refractivity contribution >= 4 is 6.03 Å². The summed E-state index contributed by atoms with van der Waals surface area (Å²) in [6.07, 6.45) is 4.60. The summed E-state index contributed by atoms with van der Waals surface area (Å²) in [5.41, 5.74) is 1.01. The number of carbonyl (C=O) groups is 1. The topological polar surface area (TPSA) is 59.6 Å². The number of benzene rings is 1. The monoisotopic (exact) mass is 290 g/mol. The highest BCUT2D eigenvalue weighted by Crippen LogP contribution is 2.32. The number of hydrogen-bond donors (Lipinski definition) is 2. The second kappa shape index (κ2) is 6.24. The Kier molecular flexibility index (Phi) is 4.18. The maximum absolute atomic E-state index is 12.0. The first-order valence-electron chi connectivity index (χ1n) is 7.69. The largest absolute Gasteiger partial charge is 0.486 e. The van der Waals surface area contributed by atoms with Crippen LogP contribution in [0.1, 0.15) is 44.2 Å². The Hall–Kier alpha value is -1.91. The van der Waals surface area contributed by atoms with Crippen molar-refractivity contribution in [2.75, 3.05) is 13.2 Å². The van der Waals surface area contributed by atoms with Crippen molar-refractivity contribution in [3.05, 3.63) is 23.8 Å². The predicted molar refractivity (Wildman–Crippen MR) is 79.8 cm³/mol. The molecule has 1 aliphatic heterocycles. The zero-order chi connectivity index (χ0) is 14.7. The maximum Gasteiger partial charge on any atom is 0.315 e. The Morgan fingerprint density at radius 2 is 1.90 bits per heavy atom. The predicted octanol–water partition coefficient (Wildman–Crippen LogP) is 2.76. The van der Waals surface area contributed by atoms with Gasteiger partial charge in [0, 0.05) is 6.04 Å². The number of fused-ring (bicyclic) bond motifs is 1. The van der Waals surface area contributed by atoms with Crippen LogP contribution in [-0.2, 0) is 0 Å². The van der Waals surface area contributed by atoms with Crippen LogP contribution in [0, 0.1) is 0 Å². The van der Waals surface area contributed by atoms with E-state index in [9.17, 15) is 4.79 Å². The van der Waals surface area contributed by atoms with Gasteiger partial charge in [0.25, 0.3) is 0 Å². The van der Waals surface area contributed by atoms with Gasteiger partial charge in [0.15, 0.2) is 11.5 Å². The number of ether oxygens (including phenoxy) is 2. The molecule has 0 spiro atoms. The van der Waals surface area contributed by atoms with E-state index in [0.717, 1.165) is 29.9 Å². The second-order valence-corrected chi connectivity index (χ2v) is 5.72. The molecule has 2 N–H and O–H groups in total. The zero-order valence-electron chi connectivity index (χ0n) is 12.4. The molecule has 3 rings (SSSR count). The van der Waals surface area contributed by atoms with Gasteiger partial charge in [0.2, 0.25) is 0 Å². The van der Waals surface area contributed by atoms with E-state index in [1.165, 1.54) is 12.8 Å². The van der Waals surface area contributed by atoms with Gasteiger partial charge in [0.1, 0.15) is 13.2 Å². The molecule has 1 atom stereocenters. The van der Waals surface area contributed by atoms with Crippen LogP contribution in [0.25, 0.3) is 0 Å². The highest BCUT2D eigenvalue weighted by molar-refractivity contribution is 5.74. The fourth-order valence-electron chi connectivity index (χ4n) is 2.91. The third kappa shape index (κ3) is 3.40. The molecule has 0 bridgehead atoms. The summed E-state index contributed by atoms with van der Waals surface area (Å²) in [7, 11) is 0. The molecule has 1 aliphatic carbocycles. The number of nitrogens with one attached hydrogen (secondary N) is 2. The van der Waals surface area contributed by atoms with Gasteiger partial charge in [-0.1, -0.05) is 18.9 Å². The van der Waals surface area contributed by atoms with Crippen molar-refractivity contribution in [2.24, 2.45) is 0 Å². The van der Waals surface area contributed by atoms with Crippen LogP contribution < -0.4 is 20.1 Å². The molecule has 2 amide bonds. The number of carbonyl (C=O) groups excluding carboxylic acids is 1. The maximum atomic E-state index is 12.0. The zero-order valence-corrected chi connectivity index (χ0v) is 12.4. The molecule has 0 saturated heterocycles. The Morgan fingerprint density at radius 1 is 1.19 bits per heavy atom. The van der Waals surface area contributed by atoms with Gasteiger partial charge in [-0.3, -0.25) is 0 Å². The summed E-state index contributed by atoms with van der Waals surface area (Å²) in [5, 5.41) is 6.02. The van der Waals surface area contributed by atoms with Crippen molar-refractivity contribution in [3.63, 3.8) is 0 Å². The lowest BCUT2D eigenvalue weighted by Gasteiger charge is -2.21. The summed E-state index contributed by atoms with van der Waals surface area (Å²) in [5.74, 6) is 1.52. The van der Waals surface area contributed by atoms with Gasteiger partial charge < -0.3 is 20.1 Å². The smallest absolute Gasteiger partial charge is 0.315 e. The number of hydrogen-bond acceptors (Lipinski definition) is 3. The van der Waals surface area contributed by atoms with Crippen LogP contribution >= 0.6 is 0 Å². The van der Waals surface area contributed by atoms with E-state index in [1.54, 1.807) is 0 Å². The minimum absolute atomic E-state index is 0.0674. The summed E-state index contributed by atoms with van der Waals surface area (Å²) >= 11 is 0. The number of urea groups is 1. The molecule has 114 valence electrons. The number of rotatable bonds is 3. The second-order valence-electron chi connectivity index (χ2n) is 5.72. The van der Waals surface area contributed by atoms with E-state index < -0.39 is 0 Å². The van der Waals surface area contributed by atoms with Gasteiger partial charge in [-0.2, -0.15) is 0 Å². The van der Waals surface area contributed by atoms with E-state index in [1.807, 2.05) is 25.1 Å². The molecule has 1 heterocycles. The summed E-state index contributed by atoms with van der Waals surface area (Å²) < 4.78 is 11.1. The van der Waals surface area contributed by atoms with Crippen molar-refractivity contribution < 1.29 is 14.3 Å². The first-order chi connectivity index (χ1) is 10.2. The average Bonchev–Trinajstić information content (AvgIpc) is 2.99. The van der Waals surface area contributed by atoms with Crippen molar-refractivity contribution in [2.45, 2.75) is 44.7 Å². The van der Waals surface area contributed by atoms with Crippen LogP contribution in [0.2, 0.25) is 0 Å². The lowest BCUT2D eigenvalue weighted by Crippen LogP contribution is -2.41. The molecule has 1 aromatic rings. The van der Waals surface area contributed by atoms with Gasteiger partial charge >= 0.3 is 6.03 Å². The molecular formula is C16H22N2O3. The fourth-order valence-corrected chi connectivity index (χ4v) is 2.91. The van der Waals surface area contributed by atoms with Crippen LogP contribution in [0.4, 0.5) is 4.79 Å². The molecule has 1 aromatic carbocycles. The average molecular weight is 290 g/mol. The highest BCUT2D eigenvalue weighted by atomic mass is 16.6. The summed E-state index contributed by atoms with van der Waals surface area (Å²) in [6, 6.07) is 5.98. The van der Waals surface area contributed by atoms with Gasteiger partial charge in [0.05, 0.1) is 6.04 Å². The third-order valence-electron chi connectivity index (χ3n) is 4.10. The molecule has 21 heavy (non-hydrogen) atoms. The minimum atomic E-state index is -0.0933. The molecule has 1 fully saturated rings. The van der Waals surface area contributed by atoms with E-state index in [2.05, 4.69) is 10.6 Å². The fraction of sp³-hybridized carbons (Fsp3) is 0.562. The first-order valence-corrected chi connectivity index (χ1v) is 7.69. The van der Waals surface area contributed by atoms with Crippen LogP contribution in [0.3, 0.4) is 0 Å². The highest BCUT2D eigenvalue weighted by Gasteiger charge is 2.19. The molecule has 2 aliphatic rings. The first kappa shape index (κ1) is 14.0. The van der Waals surface area contributed by atoms with E-state index in [4.69, 9.17) is 9.47 Å². The molecule has 5 nitrogen and oxygen atoms in total. The van der Waals surface area contributed by atoms with Crippen molar-refractivity contribution in [3.8, 4) is 11.5 Å². The van der Waals surface area contributed by atoms with Gasteiger partial charge in [-0.05, 0) is 37.5 Å². The number of amides is 2. The van der Waals surface area contributed by atoms with E-state index >= 15 is 0 Å². The third-order valence-corrected chi connectivity index (χ3v) is 4.10. The lowest BCUT2D eigenvalue weighted by molar-refractivity contribution is 0.171. The standard InChI is InChI=1S/C16H22N2O3/c1-11(17-16(19)18-13-4-2-3-5-13)12-6-7-14-15(10-12)21-9-8-20-14/h6-7,10-11,13H,2-5,8-9H2,1H3,(H2,17,18,19).